The first-order valence-corrected chi connectivity index (χ1v) is 6.16. The molecule has 0 heterocycles. The molecule has 0 aliphatic carbocycles. The zero-order chi connectivity index (χ0) is 13.8. The number of hydrogen-bond donors (Lipinski definition) is 1. The van der Waals surface area contributed by atoms with E-state index in [1.54, 1.807) is 0 Å². The second-order valence-electron chi connectivity index (χ2n) is 5.67. The van der Waals surface area contributed by atoms with Crippen molar-refractivity contribution in [2.24, 2.45) is 0 Å². The van der Waals surface area contributed by atoms with Crippen LogP contribution in [-0.4, -0.2) is 24.1 Å². The molecule has 1 aromatic carbocycles. The lowest BCUT2D eigenvalue weighted by Gasteiger charge is -2.25. The molecule has 100 valence electrons. The molecule has 0 atom stereocenters. The van der Waals surface area contributed by atoms with Crippen LogP contribution in [0.2, 0.25) is 0 Å². The maximum absolute atomic E-state index is 5.76. The molecule has 0 amide bonds. The molecule has 0 radical (unpaired) electrons. The number of nitrogens with two attached hydrogens (primary N) is 1. The van der Waals surface area contributed by atoms with Crippen LogP contribution in [0.1, 0.15) is 26.3 Å². The number of rotatable bonds is 5. The molecule has 0 aliphatic heterocycles. The highest BCUT2D eigenvalue weighted by Gasteiger charge is 2.13. The lowest BCUT2D eigenvalue weighted by Crippen LogP contribution is -2.26. The van der Waals surface area contributed by atoms with Crippen LogP contribution in [-0.2, 0) is 11.3 Å². The molecule has 0 unspecified atom stereocenters. The normalized spacial score (nSPS) is 11.6. The molecule has 0 saturated carbocycles. The average molecular weight is 248 g/mol. The van der Waals surface area contributed by atoms with E-state index in [-0.39, 0.29) is 5.60 Å². The lowest BCUT2D eigenvalue weighted by molar-refractivity contribution is 0.0413. The van der Waals surface area contributed by atoms with Crippen molar-refractivity contribution in [3.8, 4) is 0 Å². The summed E-state index contributed by atoms with van der Waals surface area (Å²) < 4.78 is 5.71. The summed E-state index contributed by atoms with van der Waals surface area (Å²) in [5, 5.41) is 0. The average Bonchev–Trinajstić information content (AvgIpc) is 2.13. The second kappa shape index (κ2) is 5.91. The Hall–Kier alpha value is -1.48. The van der Waals surface area contributed by atoms with Crippen LogP contribution in [0.25, 0.3) is 0 Å². The van der Waals surface area contributed by atoms with Gasteiger partial charge < -0.3 is 10.5 Å². The summed E-state index contributed by atoms with van der Waals surface area (Å²) in [5.41, 5.74) is 7.56. The number of likely N-dealkylation sites (N-methyl/N-ethyl adjacent to an activating group) is 1. The Morgan fingerprint density at radius 1 is 1.39 bits per heavy atom. The minimum atomic E-state index is -0.185. The second-order valence-corrected chi connectivity index (χ2v) is 5.67. The van der Waals surface area contributed by atoms with Gasteiger partial charge in [-0.05, 0) is 45.5 Å². The number of benzene rings is 1. The third-order valence-electron chi connectivity index (χ3n) is 2.30. The van der Waals surface area contributed by atoms with Gasteiger partial charge >= 0.3 is 0 Å². The van der Waals surface area contributed by atoms with Crippen molar-refractivity contribution in [1.29, 1.82) is 0 Å². The summed E-state index contributed by atoms with van der Waals surface area (Å²) >= 11 is 0. The highest BCUT2D eigenvalue weighted by molar-refractivity contribution is 5.40. The molecule has 2 N–H and O–H groups in total. The van der Waals surface area contributed by atoms with Crippen LogP contribution in [0.3, 0.4) is 0 Å². The van der Waals surface area contributed by atoms with E-state index in [4.69, 9.17) is 10.5 Å². The van der Waals surface area contributed by atoms with Gasteiger partial charge in [-0.1, -0.05) is 18.7 Å². The fourth-order valence-electron chi connectivity index (χ4n) is 1.83. The summed E-state index contributed by atoms with van der Waals surface area (Å²) in [4.78, 5) is 2.16. The van der Waals surface area contributed by atoms with Crippen molar-refractivity contribution < 1.29 is 4.74 Å². The number of ether oxygens (including phenoxy) is 1. The number of nitrogen functional groups attached to an aromatic ring is 1. The van der Waals surface area contributed by atoms with Gasteiger partial charge in [0.25, 0.3) is 0 Å². The van der Waals surface area contributed by atoms with E-state index < -0.39 is 0 Å². The Bertz CT molecular complexity index is 407. The van der Waals surface area contributed by atoms with Gasteiger partial charge in [-0.15, -0.1) is 0 Å². The molecule has 18 heavy (non-hydrogen) atoms. The van der Waals surface area contributed by atoms with E-state index in [0.717, 1.165) is 18.0 Å². The molecule has 3 nitrogen and oxygen atoms in total. The number of anilines is 1. The highest BCUT2D eigenvalue weighted by atomic mass is 16.5. The van der Waals surface area contributed by atoms with Crippen LogP contribution >= 0.6 is 0 Å². The van der Waals surface area contributed by atoms with Crippen molar-refractivity contribution in [3.63, 3.8) is 0 Å². The Balaban J connectivity index is 2.47. The van der Waals surface area contributed by atoms with Gasteiger partial charge in [0.1, 0.15) is 11.4 Å². The molecule has 0 bridgehead atoms. The van der Waals surface area contributed by atoms with E-state index in [9.17, 15) is 0 Å². The van der Waals surface area contributed by atoms with Crippen LogP contribution in [0.5, 0.6) is 0 Å². The lowest BCUT2D eigenvalue weighted by atomic mass is 10.2. The number of hydrogen-bond acceptors (Lipinski definition) is 3. The van der Waals surface area contributed by atoms with E-state index in [1.165, 1.54) is 5.56 Å². The van der Waals surface area contributed by atoms with Crippen molar-refractivity contribution in [2.45, 2.75) is 32.9 Å². The topological polar surface area (TPSA) is 38.5 Å². The van der Waals surface area contributed by atoms with Crippen molar-refractivity contribution >= 4 is 5.69 Å². The third-order valence-corrected chi connectivity index (χ3v) is 2.30. The molecule has 1 rings (SSSR count). The van der Waals surface area contributed by atoms with Gasteiger partial charge in [0.2, 0.25) is 0 Å². The quantitative estimate of drug-likeness (QED) is 0.643. The molecular formula is C15H24N2O. The molecule has 0 aromatic heterocycles. The molecule has 0 spiro atoms. The fraction of sp³-hybridized carbons (Fsp3) is 0.467. The zero-order valence-corrected chi connectivity index (χ0v) is 11.9. The minimum Gasteiger partial charge on any atom is -0.492 e. The molecule has 0 saturated heterocycles. The first-order chi connectivity index (χ1) is 8.26. The summed E-state index contributed by atoms with van der Waals surface area (Å²) in [6.45, 7) is 11.6. The van der Waals surface area contributed by atoms with Crippen LogP contribution in [0.15, 0.2) is 36.6 Å². The summed E-state index contributed by atoms with van der Waals surface area (Å²) in [5.74, 6) is 0.786. The molecule has 0 aliphatic rings. The van der Waals surface area contributed by atoms with Gasteiger partial charge in [0.05, 0.1) is 6.54 Å². The maximum Gasteiger partial charge on any atom is 0.104 e. The zero-order valence-electron chi connectivity index (χ0n) is 11.9. The Morgan fingerprint density at radius 2 is 2.06 bits per heavy atom. The van der Waals surface area contributed by atoms with E-state index in [0.29, 0.717) is 6.54 Å². The first kappa shape index (κ1) is 14.6. The predicted molar refractivity (Wildman–Crippen MR) is 77.2 cm³/mol. The van der Waals surface area contributed by atoms with Gasteiger partial charge in [0, 0.05) is 12.2 Å². The van der Waals surface area contributed by atoms with Gasteiger partial charge in [-0.3, -0.25) is 4.90 Å². The van der Waals surface area contributed by atoms with Gasteiger partial charge in [-0.25, -0.2) is 0 Å². The summed E-state index contributed by atoms with van der Waals surface area (Å²) in [6.07, 6.45) is 0. The van der Waals surface area contributed by atoms with E-state index >= 15 is 0 Å². The van der Waals surface area contributed by atoms with Crippen molar-refractivity contribution in [3.05, 3.63) is 42.2 Å². The predicted octanol–water partition coefficient (Wildman–Crippen LogP) is 3.03. The van der Waals surface area contributed by atoms with Crippen molar-refractivity contribution in [2.75, 3.05) is 19.3 Å². The monoisotopic (exact) mass is 248 g/mol. The third kappa shape index (κ3) is 5.73. The molecule has 0 fully saturated rings. The van der Waals surface area contributed by atoms with Crippen LogP contribution < -0.4 is 5.73 Å². The van der Waals surface area contributed by atoms with Crippen molar-refractivity contribution in [1.82, 2.24) is 4.90 Å². The minimum absolute atomic E-state index is 0.185. The Kier molecular flexibility index (Phi) is 4.79. The van der Waals surface area contributed by atoms with Crippen LogP contribution in [0, 0.1) is 0 Å². The smallest absolute Gasteiger partial charge is 0.104 e. The maximum atomic E-state index is 5.76. The van der Waals surface area contributed by atoms with E-state index in [1.807, 2.05) is 46.0 Å². The SMILES string of the molecule is C=C(CN(C)Cc1cccc(N)c1)OC(C)(C)C. The first-order valence-electron chi connectivity index (χ1n) is 6.16. The van der Waals surface area contributed by atoms with Crippen LogP contribution in [0.4, 0.5) is 5.69 Å². The molecule has 3 heteroatoms. The molecule has 1 aromatic rings. The van der Waals surface area contributed by atoms with Gasteiger partial charge in [0.15, 0.2) is 0 Å². The van der Waals surface area contributed by atoms with Gasteiger partial charge in [-0.2, -0.15) is 0 Å². The Labute approximate surface area is 110 Å². The van der Waals surface area contributed by atoms with E-state index in [2.05, 4.69) is 17.5 Å². The summed E-state index contributed by atoms with van der Waals surface area (Å²) in [7, 11) is 2.04. The molecular weight excluding hydrogens is 224 g/mol. The largest absolute Gasteiger partial charge is 0.492 e. The Morgan fingerprint density at radius 3 is 2.61 bits per heavy atom. The number of nitrogens with zero attached hydrogens (tertiary/aromatic N) is 1. The summed E-state index contributed by atoms with van der Waals surface area (Å²) in [6, 6.07) is 7.92. The fourth-order valence-corrected chi connectivity index (χ4v) is 1.83. The highest BCUT2D eigenvalue weighted by Crippen LogP contribution is 2.14. The standard InChI is InChI=1S/C15H24N2O/c1-12(18-15(2,3)4)10-17(5)11-13-7-6-8-14(16)9-13/h6-9H,1,10-11,16H2,2-5H3.